The first kappa shape index (κ1) is 20.7. The summed E-state index contributed by atoms with van der Waals surface area (Å²) in [5, 5.41) is 2.45. The van der Waals surface area contributed by atoms with Crippen LogP contribution in [0.5, 0.6) is 0 Å². The van der Waals surface area contributed by atoms with E-state index in [4.69, 9.17) is 0 Å². The summed E-state index contributed by atoms with van der Waals surface area (Å²) in [6.07, 6.45) is 16.7. The van der Waals surface area contributed by atoms with Gasteiger partial charge < -0.3 is 0 Å². The highest BCUT2D eigenvalue weighted by Crippen LogP contribution is 2.72. The minimum absolute atomic E-state index is 0.0439. The topological polar surface area (TPSA) is 48.9 Å². The highest BCUT2D eigenvalue weighted by Gasteiger charge is 2.70. The maximum Gasteiger partial charge on any atom is 0.348 e. The summed E-state index contributed by atoms with van der Waals surface area (Å²) in [4.78, 5) is 28.7. The Labute approximate surface area is 215 Å². The van der Waals surface area contributed by atoms with E-state index in [0.717, 1.165) is 12.8 Å². The van der Waals surface area contributed by atoms with Crippen LogP contribution in [0.3, 0.4) is 0 Å². The minimum atomic E-state index is -0.377. The molecule has 4 bridgehead atoms. The normalized spacial score (nSPS) is 40.4. The van der Waals surface area contributed by atoms with E-state index in [1.54, 1.807) is 4.57 Å². The lowest BCUT2D eigenvalue weighted by atomic mass is 9.42. The van der Waals surface area contributed by atoms with E-state index in [9.17, 15) is 9.59 Å². The summed E-state index contributed by atoms with van der Waals surface area (Å²) in [5.74, 6) is 0.560. The first-order chi connectivity index (χ1) is 17.8. The van der Waals surface area contributed by atoms with Gasteiger partial charge in [-0.1, -0.05) is 93.6 Å². The molecule has 37 heavy (non-hydrogen) atoms. The molecule has 5 heteroatoms. The third kappa shape index (κ3) is 1.85. The van der Waals surface area contributed by atoms with Gasteiger partial charge in [0.25, 0.3) is 0 Å². The van der Waals surface area contributed by atoms with Crippen LogP contribution in [0, 0.1) is 22.2 Å². The molecule has 0 N–H and O–H groups in total. The number of fused-ring (bicyclic) bond motifs is 5. The Hall–Kier alpha value is -3.34. The van der Waals surface area contributed by atoms with E-state index < -0.39 is 0 Å². The van der Waals surface area contributed by atoms with E-state index >= 15 is 0 Å². The van der Waals surface area contributed by atoms with Crippen molar-refractivity contribution in [2.24, 2.45) is 22.2 Å². The third-order valence-corrected chi connectivity index (χ3v) is 12.3. The van der Waals surface area contributed by atoms with Gasteiger partial charge in [0.2, 0.25) is 0 Å². The maximum atomic E-state index is 14.4. The zero-order valence-electron chi connectivity index (χ0n) is 21.5. The lowest BCUT2D eigenvalue weighted by molar-refractivity contribution is 0.0448. The Balaban J connectivity index is 1.33. The van der Waals surface area contributed by atoms with E-state index in [0.29, 0.717) is 5.92 Å². The van der Waals surface area contributed by atoms with Crippen LogP contribution in [-0.4, -0.2) is 13.9 Å². The van der Waals surface area contributed by atoms with Crippen LogP contribution < -0.4 is 11.4 Å². The molecule has 3 heterocycles. The zero-order chi connectivity index (χ0) is 25.1. The molecule has 2 saturated carbocycles. The number of allylic oxidation sites excluding steroid dienone is 5. The summed E-state index contributed by atoms with van der Waals surface area (Å²) in [5.41, 5.74) is 1.61. The van der Waals surface area contributed by atoms with Crippen molar-refractivity contribution in [2.45, 2.75) is 63.6 Å². The fourth-order valence-corrected chi connectivity index (χ4v) is 9.90. The predicted molar refractivity (Wildman–Crippen MR) is 145 cm³/mol. The largest absolute Gasteiger partial charge is 0.348 e. The number of aromatic nitrogens is 3. The molecule has 5 aliphatic carbocycles. The average Bonchev–Trinajstić information content (AvgIpc) is 3.36. The van der Waals surface area contributed by atoms with Gasteiger partial charge in [0.05, 0.1) is 17.5 Å². The molecule has 0 spiro atoms. The number of nitrogens with zero attached hydrogens (tertiary/aromatic N) is 3. The third-order valence-electron chi connectivity index (χ3n) is 12.3. The fraction of sp³-hybridized carbons (Fsp3) is 0.438. The van der Waals surface area contributed by atoms with Gasteiger partial charge in [-0.3, -0.25) is 0 Å². The number of benzene rings is 2. The van der Waals surface area contributed by atoms with Crippen LogP contribution in [0.15, 0.2) is 76.4 Å². The van der Waals surface area contributed by atoms with Crippen LogP contribution in [0.25, 0.3) is 16.8 Å². The Kier molecular flexibility index (Phi) is 3.28. The van der Waals surface area contributed by atoms with E-state index in [1.807, 2.05) is 9.36 Å². The molecule has 2 aliphatic heterocycles. The Morgan fingerprint density at radius 3 is 2.32 bits per heavy atom. The molecule has 2 fully saturated rings. The van der Waals surface area contributed by atoms with Gasteiger partial charge in [0, 0.05) is 11.5 Å². The van der Waals surface area contributed by atoms with Gasteiger partial charge in [0.15, 0.2) is 0 Å². The lowest BCUT2D eigenvalue weighted by Crippen LogP contribution is -2.66. The van der Waals surface area contributed by atoms with Crippen molar-refractivity contribution in [3.05, 3.63) is 98.9 Å². The van der Waals surface area contributed by atoms with Gasteiger partial charge in [-0.25, -0.2) is 23.5 Å². The number of hydrogen-bond donors (Lipinski definition) is 0. The highest BCUT2D eigenvalue weighted by atomic mass is 16.2. The molecular weight excluding hydrogens is 458 g/mol. The summed E-state index contributed by atoms with van der Waals surface area (Å²) < 4.78 is 5.32. The van der Waals surface area contributed by atoms with Crippen LogP contribution in [-0.2, 0) is 5.41 Å². The monoisotopic (exact) mass is 489 g/mol. The first-order valence-corrected chi connectivity index (χ1v) is 13.8. The maximum absolute atomic E-state index is 14.4. The average molecular weight is 490 g/mol. The van der Waals surface area contributed by atoms with Crippen LogP contribution >= 0.6 is 0 Å². The van der Waals surface area contributed by atoms with E-state index in [1.165, 1.54) is 28.3 Å². The molecule has 0 saturated heterocycles. The lowest BCUT2D eigenvalue weighted by Gasteiger charge is -2.65. The Morgan fingerprint density at radius 2 is 1.62 bits per heavy atom. The molecular formula is C32H31N3O2. The fourth-order valence-electron chi connectivity index (χ4n) is 9.90. The quantitative estimate of drug-likeness (QED) is 0.422. The van der Waals surface area contributed by atoms with Crippen molar-refractivity contribution in [2.75, 3.05) is 0 Å². The number of rotatable bonds is 1. The summed E-state index contributed by atoms with van der Waals surface area (Å²) in [6, 6.07) is 12.5. The Morgan fingerprint density at radius 1 is 0.865 bits per heavy atom. The van der Waals surface area contributed by atoms with Crippen LogP contribution in [0.2, 0.25) is 0 Å². The zero-order valence-corrected chi connectivity index (χ0v) is 21.5. The first-order valence-electron chi connectivity index (χ1n) is 13.8. The summed E-state index contributed by atoms with van der Waals surface area (Å²) in [6.45, 7) is 7.01. The van der Waals surface area contributed by atoms with Gasteiger partial charge in [-0.15, -0.1) is 0 Å². The molecule has 0 unspecified atom stereocenters. The van der Waals surface area contributed by atoms with Crippen molar-refractivity contribution in [3.63, 3.8) is 0 Å². The van der Waals surface area contributed by atoms with Crippen molar-refractivity contribution >= 4 is 16.8 Å². The molecule has 10 rings (SSSR count). The molecule has 0 radical (unpaired) electrons. The van der Waals surface area contributed by atoms with Crippen molar-refractivity contribution < 1.29 is 0 Å². The smallest absolute Gasteiger partial charge is 0.246 e. The molecule has 5 nitrogen and oxygen atoms in total. The Bertz CT molecular complexity index is 1800. The standard InChI is InChI=1S/C32H31N3O2/c1-29(2)21-13-14-30(29,3)25(18-21)33-27(36)34-23-10-11-24(35(34)28(33)37)32-17-16-31(23,32)15-12-20-9-8-19-6-4-5-7-22(19)26(20)32/h4-12,15-17,21,23-25H,13-14,18H2,1-3H3/t21-,23-,24-,25+,30-,31-,32+/m0/s1. The van der Waals surface area contributed by atoms with E-state index in [2.05, 4.69) is 93.6 Å². The SMILES string of the molecule is CC1(C)[C@H]2CC[C@@]1(C)[C@H](n1c(=O)n3n(c1=O)[C@H]1C=C[C@H]3[C@@]34C=Cc5ccc6ccccc6c5[C@@]13C=C4)C2. The molecule has 7 atom stereocenters. The predicted octanol–water partition coefficient (Wildman–Crippen LogP) is 5.54. The number of hydrogen-bond acceptors (Lipinski definition) is 2. The molecule has 3 aromatic rings. The second-order valence-electron chi connectivity index (χ2n) is 13.2. The molecule has 186 valence electrons. The van der Waals surface area contributed by atoms with Gasteiger partial charge in [-0.05, 0) is 57.9 Å². The van der Waals surface area contributed by atoms with Crippen LogP contribution in [0.1, 0.15) is 69.3 Å². The molecule has 1 aromatic heterocycles. The minimum Gasteiger partial charge on any atom is -0.246 e. The second-order valence-corrected chi connectivity index (χ2v) is 13.2. The van der Waals surface area contributed by atoms with Crippen molar-refractivity contribution in [1.29, 1.82) is 0 Å². The summed E-state index contributed by atoms with van der Waals surface area (Å²) in [7, 11) is 0. The molecule has 7 aliphatic rings. The second kappa shape index (κ2) is 5.87. The van der Waals surface area contributed by atoms with Crippen LogP contribution in [0.4, 0.5) is 0 Å². The summed E-state index contributed by atoms with van der Waals surface area (Å²) >= 11 is 0. The van der Waals surface area contributed by atoms with Crippen molar-refractivity contribution in [1.82, 2.24) is 13.9 Å². The molecule has 0 amide bonds. The van der Waals surface area contributed by atoms with Crippen molar-refractivity contribution in [3.8, 4) is 0 Å². The van der Waals surface area contributed by atoms with E-state index in [-0.39, 0.29) is 51.2 Å². The van der Waals surface area contributed by atoms with Gasteiger partial charge in [0.1, 0.15) is 0 Å². The van der Waals surface area contributed by atoms with Gasteiger partial charge in [-0.2, -0.15) is 0 Å². The highest BCUT2D eigenvalue weighted by molar-refractivity contribution is 5.93. The van der Waals surface area contributed by atoms with Gasteiger partial charge >= 0.3 is 11.4 Å². The molecule has 2 aromatic carbocycles.